The van der Waals surface area contributed by atoms with Gasteiger partial charge in [0.05, 0.1) is 12.2 Å². The van der Waals surface area contributed by atoms with E-state index in [-0.39, 0.29) is 12.2 Å². The molecule has 1 saturated heterocycles. The second-order valence-corrected chi connectivity index (χ2v) is 7.40. The Bertz CT molecular complexity index is 329. The number of nitrogens with one attached hydrogen (secondary N) is 1. The third kappa shape index (κ3) is 3.75. The first-order chi connectivity index (χ1) is 9.51. The highest BCUT2D eigenvalue weighted by atomic mass is 16.2. The summed E-state index contributed by atoms with van der Waals surface area (Å²) in [7, 11) is 0. The third-order valence-corrected chi connectivity index (χ3v) is 4.95. The largest absolute Gasteiger partial charge is 0.326 e. The van der Waals surface area contributed by atoms with E-state index in [0.29, 0.717) is 11.8 Å². The van der Waals surface area contributed by atoms with Gasteiger partial charge in [-0.3, -0.25) is 10.1 Å². The Morgan fingerprint density at radius 2 is 2.10 bits per heavy atom. The minimum absolute atomic E-state index is 0.0553. The van der Waals surface area contributed by atoms with E-state index in [9.17, 15) is 4.79 Å². The summed E-state index contributed by atoms with van der Waals surface area (Å²) < 4.78 is 0. The summed E-state index contributed by atoms with van der Waals surface area (Å²) in [5, 5.41) is 3.55. The number of carbonyl (C=O) groups excluding carboxylic acids is 1. The standard InChI is InChI=1S/C17H32N2O/c1-5-15-17(20)19(16(18-15)9-12(2)3)11-14-8-6-7-13(4)10-14/h12-16,18H,5-11H2,1-4H3. The van der Waals surface area contributed by atoms with Gasteiger partial charge in [-0.1, -0.05) is 40.5 Å². The first-order valence-corrected chi connectivity index (χ1v) is 8.57. The highest BCUT2D eigenvalue weighted by molar-refractivity contribution is 5.84. The van der Waals surface area contributed by atoms with Crippen molar-refractivity contribution < 1.29 is 4.79 Å². The van der Waals surface area contributed by atoms with Crippen LogP contribution in [0.25, 0.3) is 0 Å². The molecule has 0 aromatic heterocycles. The average molecular weight is 280 g/mol. The SMILES string of the molecule is CCC1NC(CC(C)C)N(CC2CCCC(C)C2)C1=O. The molecule has 1 aliphatic carbocycles. The Labute approximate surface area is 124 Å². The fraction of sp³-hybridized carbons (Fsp3) is 0.941. The molecule has 1 amide bonds. The molecule has 116 valence electrons. The topological polar surface area (TPSA) is 32.3 Å². The Kier molecular flexibility index (Phi) is 5.48. The Morgan fingerprint density at radius 3 is 2.70 bits per heavy atom. The minimum atomic E-state index is 0.0553. The van der Waals surface area contributed by atoms with Gasteiger partial charge in [0.1, 0.15) is 0 Å². The number of hydrogen-bond acceptors (Lipinski definition) is 2. The van der Waals surface area contributed by atoms with Gasteiger partial charge in [-0.05, 0) is 43.4 Å². The van der Waals surface area contributed by atoms with Crippen molar-refractivity contribution >= 4 is 5.91 Å². The zero-order chi connectivity index (χ0) is 14.7. The van der Waals surface area contributed by atoms with Crippen LogP contribution in [0.4, 0.5) is 0 Å². The van der Waals surface area contributed by atoms with Gasteiger partial charge in [-0.25, -0.2) is 0 Å². The van der Waals surface area contributed by atoms with Crippen LogP contribution in [0.1, 0.15) is 66.2 Å². The molecule has 0 spiro atoms. The van der Waals surface area contributed by atoms with Gasteiger partial charge in [0.25, 0.3) is 0 Å². The summed E-state index contributed by atoms with van der Waals surface area (Å²) in [6.45, 7) is 9.92. The lowest BCUT2D eigenvalue weighted by Gasteiger charge is -2.33. The van der Waals surface area contributed by atoms with Crippen molar-refractivity contribution in [1.82, 2.24) is 10.2 Å². The molecule has 3 nitrogen and oxygen atoms in total. The van der Waals surface area contributed by atoms with E-state index < -0.39 is 0 Å². The summed E-state index contributed by atoms with van der Waals surface area (Å²) in [5.41, 5.74) is 0. The molecule has 1 N–H and O–H groups in total. The predicted octanol–water partition coefficient (Wildman–Crippen LogP) is 3.40. The molecular formula is C17H32N2O. The van der Waals surface area contributed by atoms with Gasteiger partial charge in [-0.15, -0.1) is 0 Å². The minimum Gasteiger partial charge on any atom is -0.326 e. The summed E-state index contributed by atoms with van der Waals surface area (Å²) in [5.74, 6) is 2.53. The first-order valence-electron chi connectivity index (χ1n) is 8.57. The van der Waals surface area contributed by atoms with Crippen LogP contribution in [0.15, 0.2) is 0 Å². The average Bonchev–Trinajstić information content (AvgIpc) is 2.66. The van der Waals surface area contributed by atoms with Crippen molar-refractivity contribution in [3.8, 4) is 0 Å². The van der Waals surface area contributed by atoms with E-state index >= 15 is 0 Å². The van der Waals surface area contributed by atoms with Crippen molar-refractivity contribution in [2.75, 3.05) is 6.54 Å². The monoisotopic (exact) mass is 280 g/mol. The number of rotatable bonds is 5. The maximum Gasteiger partial charge on any atom is 0.241 e. The summed E-state index contributed by atoms with van der Waals surface area (Å²) in [6, 6.07) is 0.0553. The van der Waals surface area contributed by atoms with Crippen LogP contribution in [0.3, 0.4) is 0 Å². The fourth-order valence-electron chi connectivity index (χ4n) is 3.90. The molecule has 0 bridgehead atoms. The zero-order valence-electron chi connectivity index (χ0n) is 13.7. The molecule has 0 aromatic rings. The molecule has 0 radical (unpaired) electrons. The van der Waals surface area contributed by atoms with Crippen molar-refractivity contribution in [3.63, 3.8) is 0 Å². The van der Waals surface area contributed by atoms with Crippen LogP contribution in [0.2, 0.25) is 0 Å². The second kappa shape index (κ2) is 6.93. The number of carbonyl (C=O) groups is 1. The molecule has 1 heterocycles. The van der Waals surface area contributed by atoms with Gasteiger partial charge in [0.15, 0.2) is 0 Å². The molecular weight excluding hydrogens is 248 g/mol. The molecule has 2 rings (SSSR count). The van der Waals surface area contributed by atoms with Crippen molar-refractivity contribution in [3.05, 3.63) is 0 Å². The van der Waals surface area contributed by atoms with Gasteiger partial charge >= 0.3 is 0 Å². The van der Waals surface area contributed by atoms with E-state index in [2.05, 4.69) is 37.9 Å². The molecule has 2 aliphatic rings. The molecule has 1 aliphatic heterocycles. The lowest BCUT2D eigenvalue weighted by Crippen LogP contribution is -2.42. The lowest BCUT2D eigenvalue weighted by atomic mass is 9.82. The Morgan fingerprint density at radius 1 is 1.35 bits per heavy atom. The van der Waals surface area contributed by atoms with Crippen LogP contribution < -0.4 is 5.32 Å². The number of hydrogen-bond donors (Lipinski definition) is 1. The van der Waals surface area contributed by atoms with E-state index in [1.165, 1.54) is 25.7 Å². The van der Waals surface area contributed by atoms with Crippen LogP contribution in [0, 0.1) is 17.8 Å². The van der Waals surface area contributed by atoms with Gasteiger partial charge in [0, 0.05) is 6.54 Å². The zero-order valence-corrected chi connectivity index (χ0v) is 13.7. The highest BCUT2D eigenvalue weighted by Gasteiger charge is 2.39. The van der Waals surface area contributed by atoms with Crippen LogP contribution in [0.5, 0.6) is 0 Å². The summed E-state index contributed by atoms with van der Waals surface area (Å²) in [6.07, 6.45) is 7.57. The van der Waals surface area contributed by atoms with Crippen molar-refractivity contribution in [2.24, 2.45) is 17.8 Å². The number of amides is 1. The molecule has 0 aromatic carbocycles. The second-order valence-electron chi connectivity index (χ2n) is 7.40. The fourth-order valence-corrected chi connectivity index (χ4v) is 3.90. The van der Waals surface area contributed by atoms with Crippen LogP contribution >= 0.6 is 0 Å². The van der Waals surface area contributed by atoms with Crippen LogP contribution in [-0.4, -0.2) is 29.6 Å². The highest BCUT2D eigenvalue weighted by Crippen LogP contribution is 2.31. The van der Waals surface area contributed by atoms with Gasteiger partial charge < -0.3 is 4.90 Å². The molecule has 3 heteroatoms. The maximum atomic E-state index is 12.5. The van der Waals surface area contributed by atoms with Crippen molar-refractivity contribution in [2.45, 2.75) is 78.4 Å². The van der Waals surface area contributed by atoms with Gasteiger partial charge in [0.2, 0.25) is 5.91 Å². The van der Waals surface area contributed by atoms with E-state index in [4.69, 9.17) is 0 Å². The van der Waals surface area contributed by atoms with E-state index in [0.717, 1.165) is 31.2 Å². The normalized spacial score (nSPS) is 35.0. The Balaban J connectivity index is 1.99. The predicted molar refractivity (Wildman–Crippen MR) is 83.3 cm³/mol. The molecule has 1 saturated carbocycles. The molecule has 4 atom stereocenters. The smallest absolute Gasteiger partial charge is 0.241 e. The van der Waals surface area contributed by atoms with Gasteiger partial charge in [-0.2, -0.15) is 0 Å². The molecule has 4 unspecified atom stereocenters. The summed E-state index contributed by atoms with van der Waals surface area (Å²) in [4.78, 5) is 14.7. The number of nitrogens with zero attached hydrogens (tertiary/aromatic N) is 1. The summed E-state index contributed by atoms with van der Waals surface area (Å²) >= 11 is 0. The quantitative estimate of drug-likeness (QED) is 0.837. The third-order valence-electron chi connectivity index (χ3n) is 4.95. The van der Waals surface area contributed by atoms with E-state index in [1.54, 1.807) is 0 Å². The lowest BCUT2D eigenvalue weighted by molar-refractivity contribution is -0.131. The van der Waals surface area contributed by atoms with Crippen LogP contribution in [-0.2, 0) is 4.79 Å². The van der Waals surface area contributed by atoms with Crippen molar-refractivity contribution in [1.29, 1.82) is 0 Å². The Hall–Kier alpha value is -0.570. The maximum absolute atomic E-state index is 12.5. The molecule has 2 fully saturated rings. The first kappa shape index (κ1) is 15.8. The van der Waals surface area contributed by atoms with E-state index in [1.807, 2.05) is 0 Å². The molecule has 20 heavy (non-hydrogen) atoms.